The van der Waals surface area contributed by atoms with Gasteiger partial charge in [0, 0.05) is 29.3 Å². The van der Waals surface area contributed by atoms with Crippen molar-refractivity contribution in [2.24, 2.45) is 0 Å². The number of carbonyl (C=O) groups is 2. The van der Waals surface area contributed by atoms with E-state index >= 15 is 0 Å². The molecule has 0 saturated carbocycles. The van der Waals surface area contributed by atoms with E-state index in [9.17, 15) is 14.4 Å². The Morgan fingerprint density at radius 3 is 2.68 bits per heavy atom. The van der Waals surface area contributed by atoms with Crippen LogP contribution in [0.1, 0.15) is 43.1 Å². The highest BCUT2D eigenvalue weighted by Gasteiger charge is 2.27. The molecule has 2 aromatic carbocycles. The van der Waals surface area contributed by atoms with E-state index < -0.39 is 17.6 Å². The zero-order valence-corrected chi connectivity index (χ0v) is 17.8. The quantitative estimate of drug-likeness (QED) is 0.641. The van der Waals surface area contributed by atoms with E-state index in [2.05, 4.69) is 10.3 Å². The molecule has 7 nitrogen and oxygen atoms in total. The molecule has 0 aliphatic carbocycles. The molecule has 0 atom stereocenters. The summed E-state index contributed by atoms with van der Waals surface area (Å²) in [5, 5.41) is 3.24. The molecule has 160 valence electrons. The summed E-state index contributed by atoms with van der Waals surface area (Å²) in [5.41, 5.74) is 2.00. The minimum Gasteiger partial charge on any atom is -0.443 e. The first-order valence-electron chi connectivity index (χ1n) is 10.3. The summed E-state index contributed by atoms with van der Waals surface area (Å²) in [6.07, 6.45) is 2.69. The third-order valence-electron chi connectivity index (χ3n) is 5.11. The maximum atomic E-state index is 12.8. The van der Waals surface area contributed by atoms with E-state index in [-0.39, 0.29) is 11.0 Å². The van der Waals surface area contributed by atoms with Crippen LogP contribution in [0, 0.1) is 0 Å². The SMILES string of the molecule is CC(C)(C)OC(=O)N1CCCc2ccc(NC(=O)c3c[nH]c4ccccc4c3=O)cc21. The molecule has 0 fully saturated rings. The summed E-state index contributed by atoms with van der Waals surface area (Å²) >= 11 is 0. The van der Waals surface area contributed by atoms with Crippen LogP contribution in [0.2, 0.25) is 0 Å². The Bertz CT molecular complexity index is 1220. The number of carbonyl (C=O) groups excluding carboxylic acids is 2. The highest BCUT2D eigenvalue weighted by Crippen LogP contribution is 2.31. The smallest absolute Gasteiger partial charge is 0.414 e. The Hall–Kier alpha value is -3.61. The Kier molecular flexibility index (Phi) is 5.27. The van der Waals surface area contributed by atoms with E-state index in [0.717, 1.165) is 18.4 Å². The standard InChI is InChI=1S/C24H25N3O4/c1-24(2,3)31-23(30)27-12-6-7-15-10-11-16(13-20(15)27)26-22(29)18-14-25-19-9-5-4-8-17(19)21(18)28/h4-5,8-11,13-14H,6-7,12H2,1-3H3,(H,25,28)(H,26,29). The molecule has 0 saturated heterocycles. The van der Waals surface area contributed by atoms with Crippen molar-refractivity contribution in [1.29, 1.82) is 0 Å². The zero-order valence-electron chi connectivity index (χ0n) is 17.8. The van der Waals surface area contributed by atoms with Crippen LogP contribution in [0.4, 0.5) is 16.2 Å². The van der Waals surface area contributed by atoms with Gasteiger partial charge in [-0.3, -0.25) is 14.5 Å². The molecule has 2 amide bonds. The average Bonchev–Trinajstić information content (AvgIpc) is 2.72. The maximum absolute atomic E-state index is 12.8. The van der Waals surface area contributed by atoms with Gasteiger partial charge in [0.1, 0.15) is 11.2 Å². The number of fused-ring (bicyclic) bond motifs is 2. The minimum absolute atomic E-state index is 0.0282. The van der Waals surface area contributed by atoms with Crippen LogP contribution >= 0.6 is 0 Å². The highest BCUT2D eigenvalue weighted by molar-refractivity contribution is 6.06. The van der Waals surface area contributed by atoms with Gasteiger partial charge in [0.15, 0.2) is 0 Å². The molecular weight excluding hydrogens is 394 g/mol. The average molecular weight is 419 g/mol. The number of para-hydroxylation sites is 1. The van der Waals surface area contributed by atoms with Crippen LogP contribution in [-0.2, 0) is 11.2 Å². The van der Waals surface area contributed by atoms with Crippen LogP contribution in [0.15, 0.2) is 53.5 Å². The predicted molar refractivity (Wildman–Crippen MR) is 121 cm³/mol. The number of amides is 2. The number of aromatic amines is 1. The van der Waals surface area contributed by atoms with Gasteiger partial charge >= 0.3 is 6.09 Å². The summed E-state index contributed by atoms with van der Waals surface area (Å²) in [7, 11) is 0. The molecule has 2 N–H and O–H groups in total. The third-order valence-corrected chi connectivity index (χ3v) is 5.11. The molecule has 31 heavy (non-hydrogen) atoms. The minimum atomic E-state index is -0.600. The van der Waals surface area contributed by atoms with Gasteiger partial charge in [0.2, 0.25) is 5.43 Å². The molecule has 0 unspecified atom stereocenters. The number of H-pyrrole nitrogens is 1. The number of hydrogen-bond donors (Lipinski definition) is 2. The fourth-order valence-corrected chi connectivity index (χ4v) is 3.69. The van der Waals surface area contributed by atoms with Crippen molar-refractivity contribution in [2.45, 2.75) is 39.2 Å². The van der Waals surface area contributed by atoms with Crippen molar-refractivity contribution >= 4 is 34.3 Å². The van der Waals surface area contributed by atoms with Crippen LogP contribution in [0.5, 0.6) is 0 Å². The number of ether oxygens (including phenoxy) is 1. The van der Waals surface area contributed by atoms with Gasteiger partial charge in [-0.15, -0.1) is 0 Å². The fourth-order valence-electron chi connectivity index (χ4n) is 3.69. The number of pyridine rings is 1. The van der Waals surface area contributed by atoms with Crippen molar-refractivity contribution in [3.05, 3.63) is 70.0 Å². The topological polar surface area (TPSA) is 91.5 Å². The predicted octanol–water partition coefficient (Wildman–Crippen LogP) is 4.47. The second-order valence-corrected chi connectivity index (χ2v) is 8.61. The first-order chi connectivity index (χ1) is 14.7. The second-order valence-electron chi connectivity index (χ2n) is 8.61. The van der Waals surface area contributed by atoms with E-state index in [4.69, 9.17) is 4.74 Å². The lowest BCUT2D eigenvalue weighted by molar-refractivity contribution is 0.0577. The summed E-state index contributed by atoms with van der Waals surface area (Å²) in [5.74, 6) is -0.508. The normalized spacial score (nSPS) is 13.6. The monoisotopic (exact) mass is 419 g/mol. The zero-order chi connectivity index (χ0) is 22.2. The van der Waals surface area contributed by atoms with E-state index in [1.807, 2.05) is 32.9 Å². The van der Waals surface area contributed by atoms with Gasteiger partial charge < -0.3 is 15.0 Å². The van der Waals surface area contributed by atoms with Gasteiger partial charge in [-0.05, 0) is 63.4 Å². The number of benzene rings is 2. The van der Waals surface area contributed by atoms with Crippen molar-refractivity contribution in [3.63, 3.8) is 0 Å². The Labute approximate surface area is 180 Å². The van der Waals surface area contributed by atoms with Crippen molar-refractivity contribution < 1.29 is 14.3 Å². The maximum Gasteiger partial charge on any atom is 0.414 e. The third kappa shape index (κ3) is 4.30. The molecule has 0 spiro atoms. The van der Waals surface area contributed by atoms with Gasteiger partial charge in [-0.2, -0.15) is 0 Å². The molecule has 0 radical (unpaired) electrons. The number of aryl methyl sites for hydroxylation is 1. The van der Waals surface area contributed by atoms with Crippen molar-refractivity contribution in [3.8, 4) is 0 Å². The first-order valence-corrected chi connectivity index (χ1v) is 10.3. The number of aromatic nitrogens is 1. The van der Waals surface area contributed by atoms with Gasteiger partial charge in [0.25, 0.3) is 5.91 Å². The Morgan fingerprint density at radius 2 is 1.90 bits per heavy atom. The number of nitrogens with one attached hydrogen (secondary N) is 2. The van der Waals surface area contributed by atoms with Crippen molar-refractivity contribution in [1.82, 2.24) is 4.98 Å². The van der Waals surface area contributed by atoms with E-state index in [1.54, 1.807) is 35.2 Å². The molecule has 3 aromatic rings. The number of anilines is 2. The molecule has 1 aromatic heterocycles. The number of hydrogen-bond acceptors (Lipinski definition) is 4. The number of rotatable bonds is 2. The Balaban J connectivity index is 1.61. The summed E-state index contributed by atoms with van der Waals surface area (Å²) in [4.78, 5) is 42.8. The van der Waals surface area contributed by atoms with Gasteiger partial charge in [-0.1, -0.05) is 18.2 Å². The Morgan fingerprint density at radius 1 is 1.13 bits per heavy atom. The second kappa shape index (κ2) is 7.91. The molecule has 1 aliphatic heterocycles. The fraction of sp³-hybridized carbons (Fsp3) is 0.292. The summed E-state index contributed by atoms with van der Waals surface area (Å²) in [6.45, 7) is 6.03. The van der Waals surface area contributed by atoms with E-state index in [0.29, 0.717) is 28.8 Å². The molecule has 2 heterocycles. The lowest BCUT2D eigenvalue weighted by Crippen LogP contribution is -2.39. The molecule has 4 rings (SSSR count). The van der Waals surface area contributed by atoms with Crippen LogP contribution in [0.3, 0.4) is 0 Å². The summed E-state index contributed by atoms with van der Waals surface area (Å²) < 4.78 is 5.54. The van der Waals surface area contributed by atoms with E-state index in [1.165, 1.54) is 6.20 Å². The van der Waals surface area contributed by atoms with Crippen LogP contribution in [-0.4, -0.2) is 29.1 Å². The molecule has 1 aliphatic rings. The molecule has 7 heteroatoms. The number of nitrogens with zero attached hydrogens (tertiary/aromatic N) is 1. The first kappa shape index (κ1) is 20.7. The molecular formula is C24H25N3O4. The van der Waals surface area contributed by atoms with Crippen LogP contribution in [0.25, 0.3) is 10.9 Å². The largest absolute Gasteiger partial charge is 0.443 e. The van der Waals surface area contributed by atoms with Crippen LogP contribution < -0.4 is 15.6 Å². The highest BCUT2D eigenvalue weighted by atomic mass is 16.6. The summed E-state index contributed by atoms with van der Waals surface area (Å²) in [6, 6.07) is 12.5. The lowest BCUT2D eigenvalue weighted by Gasteiger charge is -2.32. The van der Waals surface area contributed by atoms with Gasteiger partial charge in [0.05, 0.1) is 5.69 Å². The molecule has 0 bridgehead atoms. The lowest BCUT2D eigenvalue weighted by atomic mass is 10.0. The van der Waals surface area contributed by atoms with Crippen molar-refractivity contribution in [2.75, 3.05) is 16.8 Å². The van der Waals surface area contributed by atoms with Gasteiger partial charge in [-0.25, -0.2) is 4.79 Å².